The standard InChI is InChI=1S/C13H16N2S2/c1-10-4-2-5-11(8-10)17-9-12(15-14)13-6-3-7-16-13/h2-8,12,15H,9,14H2,1H3. The van der Waals surface area contributed by atoms with Crippen LogP contribution in [0.1, 0.15) is 16.5 Å². The lowest BCUT2D eigenvalue weighted by atomic mass is 10.2. The highest BCUT2D eigenvalue weighted by Gasteiger charge is 2.10. The summed E-state index contributed by atoms with van der Waals surface area (Å²) in [7, 11) is 0. The molecule has 1 atom stereocenters. The zero-order chi connectivity index (χ0) is 12.1. The van der Waals surface area contributed by atoms with E-state index in [1.807, 2.05) is 11.8 Å². The summed E-state index contributed by atoms with van der Waals surface area (Å²) in [6.45, 7) is 2.11. The normalized spacial score (nSPS) is 12.6. The highest BCUT2D eigenvalue weighted by Crippen LogP contribution is 2.27. The smallest absolute Gasteiger partial charge is 0.0647 e. The van der Waals surface area contributed by atoms with Crippen molar-refractivity contribution in [2.24, 2.45) is 5.84 Å². The van der Waals surface area contributed by atoms with Gasteiger partial charge in [-0.2, -0.15) is 0 Å². The summed E-state index contributed by atoms with van der Waals surface area (Å²) >= 11 is 3.57. The largest absolute Gasteiger partial charge is 0.271 e. The third-order valence-corrected chi connectivity index (χ3v) is 4.57. The molecule has 0 fully saturated rings. The summed E-state index contributed by atoms with van der Waals surface area (Å²) in [5.41, 5.74) is 4.17. The van der Waals surface area contributed by atoms with Crippen LogP contribution >= 0.6 is 23.1 Å². The van der Waals surface area contributed by atoms with Crippen molar-refractivity contribution in [2.45, 2.75) is 17.9 Å². The SMILES string of the molecule is Cc1cccc(SCC(NN)c2cccs2)c1. The molecule has 2 nitrogen and oxygen atoms in total. The number of rotatable bonds is 5. The molecule has 0 spiro atoms. The summed E-state index contributed by atoms with van der Waals surface area (Å²) in [4.78, 5) is 2.58. The van der Waals surface area contributed by atoms with Gasteiger partial charge in [0.1, 0.15) is 0 Å². The number of benzene rings is 1. The van der Waals surface area contributed by atoms with E-state index in [0.717, 1.165) is 5.75 Å². The number of thioether (sulfide) groups is 1. The highest BCUT2D eigenvalue weighted by molar-refractivity contribution is 7.99. The lowest BCUT2D eigenvalue weighted by Gasteiger charge is -2.13. The molecule has 0 aliphatic heterocycles. The van der Waals surface area contributed by atoms with Crippen molar-refractivity contribution >= 4 is 23.1 Å². The molecule has 2 aromatic rings. The maximum atomic E-state index is 5.60. The molecule has 3 N–H and O–H groups in total. The van der Waals surface area contributed by atoms with Crippen LogP contribution in [0.15, 0.2) is 46.7 Å². The fraction of sp³-hybridized carbons (Fsp3) is 0.231. The zero-order valence-corrected chi connectivity index (χ0v) is 11.4. The van der Waals surface area contributed by atoms with Crippen LogP contribution in [0.5, 0.6) is 0 Å². The maximum absolute atomic E-state index is 5.60. The summed E-state index contributed by atoms with van der Waals surface area (Å²) < 4.78 is 0. The van der Waals surface area contributed by atoms with E-state index in [1.165, 1.54) is 15.3 Å². The Morgan fingerprint density at radius 1 is 1.35 bits per heavy atom. The van der Waals surface area contributed by atoms with Gasteiger partial charge in [-0.3, -0.25) is 11.3 Å². The van der Waals surface area contributed by atoms with Crippen LogP contribution in [0.2, 0.25) is 0 Å². The molecule has 4 heteroatoms. The molecule has 0 amide bonds. The molecule has 0 aliphatic carbocycles. The lowest BCUT2D eigenvalue weighted by Crippen LogP contribution is -2.28. The Morgan fingerprint density at radius 3 is 2.88 bits per heavy atom. The second kappa shape index (κ2) is 6.21. The summed E-state index contributed by atoms with van der Waals surface area (Å²) in [5.74, 6) is 6.55. The van der Waals surface area contributed by atoms with Crippen LogP contribution in [0.3, 0.4) is 0 Å². The van der Waals surface area contributed by atoms with E-state index in [2.05, 4.69) is 54.1 Å². The van der Waals surface area contributed by atoms with E-state index in [9.17, 15) is 0 Å². The average molecular weight is 264 g/mol. The summed E-state index contributed by atoms with van der Waals surface area (Å²) in [5, 5.41) is 2.08. The Hall–Kier alpha value is -0.810. The Labute approximate surface area is 110 Å². The Morgan fingerprint density at radius 2 is 2.24 bits per heavy atom. The van der Waals surface area contributed by atoms with E-state index in [1.54, 1.807) is 11.3 Å². The number of aryl methyl sites for hydroxylation is 1. The first-order valence-electron chi connectivity index (χ1n) is 5.48. The molecule has 0 aliphatic rings. The average Bonchev–Trinajstić information content (AvgIpc) is 2.84. The van der Waals surface area contributed by atoms with E-state index < -0.39 is 0 Å². The first kappa shape index (κ1) is 12.6. The fourth-order valence-corrected chi connectivity index (χ4v) is 3.56. The molecule has 2 rings (SSSR count). The van der Waals surface area contributed by atoms with Crippen molar-refractivity contribution < 1.29 is 0 Å². The molecule has 0 radical (unpaired) electrons. The second-order valence-corrected chi connectivity index (χ2v) is 5.93. The molecule has 0 saturated heterocycles. The van der Waals surface area contributed by atoms with Crippen LogP contribution in [0, 0.1) is 6.92 Å². The highest BCUT2D eigenvalue weighted by atomic mass is 32.2. The van der Waals surface area contributed by atoms with Gasteiger partial charge in [0, 0.05) is 15.5 Å². The van der Waals surface area contributed by atoms with Gasteiger partial charge in [0.2, 0.25) is 0 Å². The molecule has 1 aromatic carbocycles. The van der Waals surface area contributed by atoms with Crippen molar-refractivity contribution in [3.63, 3.8) is 0 Å². The Bertz CT molecular complexity index is 454. The van der Waals surface area contributed by atoms with Crippen molar-refractivity contribution in [3.05, 3.63) is 52.2 Å². The third-order valence-electron chi connectivity index (χ3n) is 2.49. The number of thiophene rings is 1. The summed E-state index contributed by atoms with van der Waals surface area (Å²) in [6.07, 6.45) is 0. The summed E-state index contributed by atoms with van der Waals surface area (Å²) in [6, 6.07) is 12.9. The van der Waals surface area contributed by atoms with E-state index in [0.29, 0.717) is 0 Å². The fourth-order valence-electron chi connectivity index (χ4n) is 1.59. The zero-order valence-electron chi connectivity index (χ0n) is 9.72. The van der Waals surface area contributed by atoms with Gasteiger partial charge in [-0.15, -0.1) is 23.1 Å². The minimum absolute atomic E-state index is 0.223. The number of nitrogens with two attached hydrogens (primary N) is 1. The predicted molar refractivity (Wildman–Crippen MR) is 76.3 cm³/mol. The van der Waals surface area contributed by atoms with Crippen LogP contribution in [0.25, 0.3) is 0 Å². The number of nitrogens with one attached hydrogen (secondary N) is 1. The second-order valence-electron chi connectivity index (χ2n) is 3.86. The van der Waals surface area contributed by atoms with Gasteiger partial charge in [0.15, 0.2) is 0 Å². The molecule has 1 unspecified atom stereocenters. The van der Waals surface area contributed by atoms with Gasteiger partial charge in [-0.25, -0.2) is 0 Å². The van der Waals surface area contributed by atoms with E-state index in [4.69, 9.17) is 5.84 Å². The van der Waals surface area contributed by atoms with E-state index >= 15 is 0 Å². The van der Waals surface area contributed by atoms with Crippen molar-refractivity contribution in [1.29, 1.82) is 0 Å². The van der Waals surface area contributed by atoms with E-state index in [-0.39, 0.29) is 6.04 Å². The number of hydrogen-bond donors (Lipinski definition) is 2. The van der Waals surface area contributed by atoms with Crippen LogP contribution in [0.4, 0.5) is 0 Å². The minimum Gasteiger partial charge on any atom is -0.271 e. The lowest BCUT2D eigenvalue weighted by molar-refractivity contribution is 0.620. The van der Waals surface area contributed by atoms with Gasteiger partial charge >= 0.3 is 0 Å². The van der Waals surface area contributed by atoms with Crippen LogP contribution in [-0.2, 0) is 0 Å². The Balaban J connectivity index is 1.97. The topological polar surface area (TPSA) is 38.0 Å². The van der Waals surface area contributed by atoms with Gasteiger partial charge in [0.05, 0.1) is 6.04 Å². The van der Waals surface area contributed by atoms with Crippen molar-refractivity contribution in [3.8, 4) is 0 Å². The van der Waals surface area contributed by atoms with Crippen molar-refractivity contribution in [2.75, 3.05) is 5.75 Å². The van der Waals surface area contributed by atoms with Gasteiger partial charge < -0.3 is 0 Å². The van der Waals surface area contributed by atoms with Gasteiger partial charge in [-0.1, -0.05) is 23.8 Å². The number of hydrogen-bond acceptors (Lipinski definition) is 4. The third kappa shape index (κ3) is 3.57. The van der Waals surface area contributed by atoms with Gasteiger partial charge in [-0.05, 0) is 30.5 Å². The van der Waals surface area contributed by atoms with Crippen molar-refractivity contribution in [1.82, 2.24) is 5.43 Å². The minimum atomic E-state index is 0.223. The molecule has 0 bridgehead atoms. The molecular formula is C13H16N2S2. The quantitative estimate of drug-likeness (QED) is 0.494. The van der Waals surface area contributed by atoms with Crippen LogP contribution in [-0.4, -0.2) is 5.75 Å². The predicted octanol–water partition coefficient (Wildman–Crippen LogP) is 3.35. The molecular weight excluding hydrogens is 248 g/mol. The maximum Gasteiger partial charge on any atom is 0.0647 e. The molecule has 90 valence electrons. The molecule has 1 heterocycles. The first-order chi connectivity index (χ1) is 8.29. The van der Waals surface area contributed by atoms with Gasteiger partial charge in [0.25, 0.3) is 0 Å². The molecule has 1 aromatic heterocycles. The monoisotopic (exact) mass is 264 g/mol. The molecule has 17 heavy (non-hydrogen) atoms. The van der Waals surface area contributed by atoms with Crippen LogP contribution < -0.4 is 11.3 Å². The molecule has 0 saturated carbocycles. The number of hydrazine groups is 1. The first-order valence-corrected chi connectivity index (χ1v) is 7.35. The Kier molecular flexibility index (Phi) is 4.62.